The molecule has 0 N–H and O–H groups in total. The molecule has 17 heteroatoms. The monoisotopic (exact) mass is 416 g/mol. The molecule has 2 saturated heterocycles. The van der Waals surface area contributed by atoms with E-state index in [0.29, 0.717) is 5.60 Å². The summed E-state index contributed by atoms with van der Waals surface area (Å²) in [5.41, 5.74) is 0.312. The SMILES string of the molecule is CN1CCC2(CCCO2)CC1.F[B-](F)(F)F.F[B-](F)(F)F.F[B-](F)(F)F. The van der Waals surface area contributed by atoms with Gasteiger partial charge in [0.15, 0.2) is 0 Å². The molecule has 2 heterocycles. The van der Waals surface area contributed by atoms with Crippen molar-refractivity contribution in [2.45, 2.75) is 31.3 Å². The maximum Gasteiger partial charge on any atom is 0.673 e. The average Bonchev–Trinajstić information content (AvgIpc) is 2.76. The van der Waals surface area contributed by atoms with E-state index in [4.69, 9.17) is 4.74 Å². The van der Waals surface area contributed by atoms with Gasteiger partial charge in [0.1, 0.15) is 0 Å². The molecule has 1 spiro atoms. The number of likely N-dealkylation sites (tertiary alicyclic amines) is 1. The van der Waals surface area contributed by atoms with Crippen LogP contribution in [0.1, 0.15) is 25.7 Å². The van der Waals surface area contributed by atoms with Gasteiger partial charge in [-0.3, -0.25) is 0 Å². The summed E-state index contributed by atoms with van der Waals surface area (Å²) in [7, 11) is -15.8. The normalized spacial score (nSPS) is 20.2. The van der Waals surface area contributed by atoms with Crippen LogP contribution in [0.25, 0.3) is 0 Å². The molecule has 0 aromatic rings. The Hall–Kier alpha value is -0.725. The van der Waals surface area contributed by atoms with Crippen molar-refractivity contribution >= 4 is 21.8 Å². The molecular weight excluding hydrogens is 399 g/mol. The molecule has 2 aliphatic rings. The van der Waals surface area contributed by atoms with Gasteiger partial charge in [0.25, 0.3) is 0 Å². The van der Waals surface area contributed by atoms with Gasteiger partial charge in [-0.1, -0.05) is 0 Å². The average molecular weight is 416 g/mol. The molecule has 0 aromatic heterocycles. The molecule has 160 valence electrons. The third-order valence-electron chi connectivity index (χ3n) is 3.08. The Kier molecular flexibility index (Phi) is 11.8. The summed E-state index contributed by atoms with van der Waals surface area (Å²) in [6.45, 7) is 3.45. The number of hydrogen-bond donors (Lipinski definition) is 0. The Labute approximate surface area is 142 Å². The van der Waals surface area contributed by atoms with Crippen LogP contribution in [0.2, 0.25) is 0 Å². The van der Waals surface area contributed by atoms with E-state index in [9.17, 15) is 51.8 Å². The van der Waals surface area contributed by atoms with E-state index in [1.807, 2.05) is 0 Å². The number of rotatable bonds is 0. The van der Waals surface area contributed by atoms with Gasteiger partial charge < -0.3 is 61.4 Å². The van der Waals surface area contributed by atoms with E-state index >= 15 is 0 Å². The molecule has 2 aliphatic heterocycles. The van der Waals surface area contributed by atoms with E-state index in [0.717, 1.165) is 6.61 Å². The zero-order valence-corrected chi connectivity index (χ0v) is 13.6. The first-order valence-electron chi connectivity index (χ1n) is 7.25. The zero-order valence-electron chi connectivity index (χ0n) is 13.6. The molecule has 0 amide bonds. The second-order valence-electron chi connectivity index (χ2n) is 5.42. The number of halogens is 12. The minimum atomic E-state index is -6.00. The maximum absolute atomic E-state index is 9.75. The van der Waals surface area contributed by atoms with Gasteiger partial charge in [-0.25, -0.2) is 0 Å². The molecular formula is C9H17B3F12NO-3. The molecule has 2 rings (SSSR count). The lowest BCUT2D eigenvalue weighted by atomic mass is 9.89. The summed E-state index contributed by atoms with van der Waals surface area (Å²) in [4.78, 5) is 2.40. The highest BCUT2D eigenvalue weighted by atomic mass is 19.5. The third kappa shape index (κ3) is 28.1. The number of hydrogen-bond acceptors (Lipinski definition) is 2. The Morgan fingerprint density at radius 1 is 0.654 bits per heavy atom. The van der Waals surface area contributed by atoms with Crippen molar-refractivity contribution in [3.63, 3.8) is 0 Å². The highest BCUT2D eigenvalue weighted by molar-refractivity contribution is 6.50. The van der Waals surface area contributed by atoms with Crippen LogP contribution in [-0.4, -0.2) is 59.0 Å². The minimum Gasteiger partial charge on any atom is -0.418 e. The lowest BCUT2D eigenvalue weighted by Gasteiger charge is -2.36. The summed E-state index contributed by atoms with van der Waals surface area (Å²) in [5.74, 6) is 0. The van der Waals surface area contributed by atoms with E-state index in [1.165, 1.54) is 38.8 Å². The lowest BCUT2D eigenvalue weighted by molar-refractivity contribution is -0.0390. The van der Waals surface area contributed by atoms with Crippen LogP contribution in [0.4, 0.5) is 51.8 Å². The quantitative estimate of drug-likeness (QED) is 0.400. The second kappa shape index (κ2) is 11.2. The molecule has 0 saturated carbocycles. The molecule has 0 aliphatic carbocycles. The first-order valence-corrected chi connectivity index (χ1v) is 7.25. The fourth-order valence-electron chi connectivity index (χ4n) is 2.18. The third-order valence-corrected chi connectivity index (χ3v) is 3.08. The van der Waals surface area contributed by atoms with Gasteiger partial charge in [0.2, 0.25) is 0 Å². The van der Waals surface area contributed by atoms with Crippen LogP contribution in [0.3, 0.4) is 0 Å². The molecule has 0 atom stereocenters. The number of piperidine rings is 1. The van der Waals surface area contributed by atoms with Gasteiger partial charge in [0.05, 0.1) is 5.60 Å². The van der Waals surface area contributed by atoms with Crippen LogP contribution in [0.5, 0.6) is 0 Å². The van der Waals surface area contributed by atoms with Crippen molar-refractivity contribution in [3.8, 4) is 0 Å². The van der Waals surface area contributed by atoms with E-state index in [-0.39, 0.29) is 0 Å². The van der Waals surface area contributed by atoms with Crippen molar-refractivity contribution in [1.29, 1.82) is 0 Å². The van der Waals surface area contributed by atoms with Gasteiger partial charge in [0, 0.05) is 19.7 Å². The summed E-state index contributed by atoms with van der Waals surface area (Å²) in [5, 5.41) is 0. The van der Waals surface area contributed by atoms with Gasteiger partial charge in [-0.05, 0) is 32.7 Å². The van der Waals surface area contributed by atoms with Gasteiger partial charge in [-0.15, -0.1) is 0 Å². The maximum atomic E-state index is 9.75. The van der Waals surface area contributed by atoms with Crippen molar-refractivity contribution in [2.75, 3.05) is 26.7 Å². The lowest BCUT2D eigenvalue weighted by Crippen LogP contribution is -2.42. The predicted molar refractivity (Wildman–Crippen MR) is 75.2 cm³/mol. The summed E-state index contributed by atoms with van der Waals surface area (Å²) >= 11 is 0. The largest absolute Gasteiger partial charge is 0.673 e. The topological polar surface area (TPSA) is 12.5 Å². The van der Waals surface area contributed by atoms with Crippen LogP contribution < -0.4 is 0 Å². The zero-order chi connectivity index (χ0) is 21.2. The van der Waals surface area contributed by atoms with Gasteiger partial charge in [-0.2, -0.15) is 0 Å². The fourth-order valence-corrected chi connectivity index (χ4v) is 2.18. The highest BCUT2D eigenvalue weighted by Crippen LogP contribution is 2.34. The highest BCUT2D eigenvalue weighted by Gasteiger charge is 2.37. The number of nitrogens with zero attached hydrogens (tertiary/aromatic N) is 1. The van der Waals surface area contributed by atoms with E-state index in [2.05, 4.69) is 11.9 Å². The Morgan fingerprint density at radius 2 is 0.962 bits per heavy atom. The molecule has 0 bridgehead atoms. The first-order chi connectivity index (χ1) is 11.3. The van der Waals surface area contributed by atoms with Crippen LogP contribution in [0.15, 0.2) is 0 Å². The van der Waals surface area contributed by atoms with Crippen molar-refractivity contribution < 1.29 is 56.5 Å². The van der Waals surface area contributed by atoms with Crippen molar-refractivity contribution in [1.82, 2.24) is 4.90 Å². The molecule has 0 aromatic carbocycles. The molecule has 0 radical (unpaired) electrons. The smallest absolute Gasteiger partial charge is 0.418 e. The van der Waals surface area contributed by atoms with E-state index < -0.39 is 21.8 Å². The Morgan fingerprint density at radius 3 is 1.19 bits per heavy atom. The molecule has 2 fully saturated rings. The second-order valence-corrected chi connectivity index (χ2v) is 5.42. The first kappa shape index (κ1) is 27.5. The molecule has 26 heavy (non-hydrogen) atoms. The van der Waals surface area contributed by atoms with Crippen molar-refractivity contribution in [2.24, 2.45) is 0 Å². The van der Waals surface area contributed by atoms with E-state index in [1.54, 1.807) is 0 Å². The van der Waals surface area contributed by atoms with Crippen LogP contribution in [0, 0.1) is 0 Å². The van der Waals surface area contributed by atoms with Gasteiger partial charge >= 0.3 is 21.8 Å². The Balaban J connectivity index is 0. The molecule has 2 nitrogen and oxygen atoms in total. The summed E-state index contributed by atoms with van der Waals surface area (Å²) in [6.07, 6.45) is 5.09. The Bertz CT molecular complexity index is 312. The summed E-state index contributed by atoms with van der Waals surface area (Å²) < 4.78 is 123. The fraction of sp³-hybridized carbons (Fsp3) is 1.00. The van der Waals surface area contributed by atoms with Crippen LogP contribution in [-0.2, 0) is 4.74 Å². The number of ether oxygens (including phenoxy) is 1. The minimum absolute atomic E-state index is 0.312. The summed E-state index contributed by atoms with van der Waals surface area (Å²) in [6, 6.07) is 0. The van der Waals surface area contributed by atoms with Crippen molar-refractivity contribution in [3.05, 3.63) is 0 Å². The predicted octanol–water partition coefficient (Wildman–Crippen LogP) is 5.16. The van der Waals surface area contributed by atoms with Crippen LogP contribution >= 0.6 is 0 Å². The standard InChI is InChI=1S/C9H17NO.3BF4/c1-10-6-4-9(5-7-10)3-2-8-11-9;3*2-1(3,4)5/h2-8H2,1H3;;;/q;3*-1. The molecule has 0 unspecified atom stereocenters.